The smallest absolute Gasteiger partial charge is 0.263 e. The van der Waals surface area contributed by atoms with E-state index in [4.69, 9.17) is 4.74 Å². The molecule has 1 aromatic carbocycles. The maximum Gasteiger partial charge on any atom is 0.263 e. The molecule has 11 heteroatoms. The predicted octanol–water partition coefficient (Wildman–Crippen LogP) is 4.78. The summed E-state index contributed by atoms with van der Waals surface area (Å²) in [6, 6.07) is 3.24. The summed E-state index contributed by atoms with van der Waals surface area (Å²) in [7, 11) is 0. The summed E-state index contributed by atoms with van der Waals surface area (Å²) in [6.07, 6.45) is 0.478. The molecule has 0 spiro atoms. The minimum atomic E-state index is -2.68. The van der Waals surface area contributed by atoms with Gasteiger partial charge in [-0.1, -0.05) is 0 Å². The van der Waals surface area contributed by atoms with Crippen molar-refractivity contribution in [2.24, 2.45) is 5.92 Å². The standard InChI is InChI=1S/C27H30F3N5O3/c1-13-22(27(37)35-20-7-6-17(10-19(20)28)34-14(2)36)24-25(33-13)23(31-12-32-24)18-9-16(26(29)30)5-8-21(18)38-11-15-3-4-15/h5,8-9,12,15,17,19-20,26,33H,3-4,6-7,10-11H2,1-2H3,(H,34,36)(H,35,37)/t17-,19+,20-/m0/s1. The summed E-state index contributed by atoms with van der Waals surface area (Å²) >= 11 is 0. The molecule has 38 heavy (non-hydrogen) atoms. The second-order valence-electron chi connectivity index (χ2n) is 10.2. The normalized spacial score (nSPS) is 21.5. The van der Waals surface area contributed by atoms with Crippen molar-refractivity contribution in [3.8, 4) is 17.0 Å². The highest BCUT2D eigenvalue weighted by Gasteiger charge is 2.33. The minimum absolute atomic E-state index is 0.119. The molecule has 0 unspecified atom stereocenters. The number of rotatable bonds is 8. The molecule has 0 saturated heterocycles. The van der Waals surface area contributed by atoms with Crippen molar-refractivity contribution in [2.75, 3.05) is 6.61 Å². The van der Waals surface area contributed by atoms with E-state index in [1.807, 2.05) is 0 Å². The maximum atomic E-state index is 14.9. The van der Waals surface area contributed by atoms with E-state index in [2.05, 4.69) is 25.6 Å². The van der Waals surface area contributed by atoms with Gasteiger partial charge in [0.15, 0.2) is 0 Å². The number of benzene rings is 1. The van der Waals surface area contributed by atoms with Crippen LogP contribution < -0.4 is 15.4 Å². The van der Waals surface area contributed by atoms with Gasteiger partial charge in [-0.15, -0.1) is 0 Å². The molecular formula is C27H30F3N5O3. The van der Waals surface area contributed by atoms with Gasteiger partial charge in [-0.2, -0.15) is 0 Å². The van der Waals surface area contributed by atoms with E-state index in [1.165, 1.54) is 31.5 Å². The van der Waals surface area contributed by atoms with Crippen LogP contribution in [0.4, 0.5) is 13.2 Å². The Morgan fingerprint density at radius 1 is 1.16 bits per heavy atom. The van der Waals surface area contributed by atoms with Gasteiger partial charge in [0.1, 0.15) is 29.5 Å². The zero-order valence-electron chi connectivity index (χ0n) is 21.2. The van der Waals surface area contributed by atoms with Crippen LogP contribution in [0, 0.1) is 12.8 Å². The number of halogens is 3. The van der Waals surface area contributed by atoms with Crippen LogP contribution in [0.5, 0.6) is 5.75 Å². The maximum absolute atomic E-state index is 14.9. The predicted molar refractivity (Wildman–Crippen MR) is 135 cm³/mol. The van der Waals surface area contributed by atoms with Crippen LogP contribution in [-0.4, -0.2) is 51.6 Å². The fraction of sp³-hybridized carbons (Fsp3) is 0.481. The number of alkyl halides is 3. The molecule has 2 aliphatic rings. The van der Waals surface area contributed by atoms with Crippen LogP contribution in [0.25, 0.3) is 22.3 Å². The minimum Gasteiger partial charge on any atom is -0.493 e. The lowest BCUT2D eigenvalue weighted by molar-refractivity contribution is -0.120. The Morgan fingerprint density at radius 3 is 2.63 bits per heavy atom. The van der Waals surface area contributed by atoms with Gasteiger partial charge in [0.2, 0.25) is 5.91 Å². The summed E-state index contributed by atoms with van der Waals surface area (Å²) < 4.78 is 47.9. The van der Waals surface area contributed by atoms with Gasteiger partial charge in [0, 0.05) is 36.2 Å². The number of aromatic amines is 1. The number of carbonyl (C=O) groups is 2. The fourth-order valence-electron chi connectivity index (χ4n) is 5.03. The molecule has 2 heterocycles. The topological polar surface area (TPSA) is 109 Å². The lowest BCUT2D eigenvalue weighted by atomic mass is 9.89. The van der Waals surface area contributed by atoms with Crippen molar-refractivity contribution < 1.29 is 27.5 Å². The average Bonchev–Trinajstić information content (AvgIpc) is 3.63. The molecule has 2 aromatic heterocycles. The lowest BCUT2D eigenvalue weighted by Crippen LogP contribution is -2.49. The number of H-pyrrole nitrogens is 1. The van der Waals surface area contributed by atoms with E-state index in [0.717, 1.165) is 12.8 Å². The Kier molecular flexibility index (Phi) is 7.27. The van der Waals surface area contributed by atoms with Crippen LogP contribution in [0.15, 0.2) is 24.5 Å². The van der Waals surface area contributed by atoms with Crippen LogP contribution in [0.1, 0.15) is 67.1 Å². The molecule has 2 amide bonds. The number of carbonyl (C=O) groups excluding carboxylic acids is 2. The first kappa shape index (κ1) is 26.0. The summed E-state index contributed by atoms with van der Waals surface area (Å²) in [5, 5.41) is 5.51. The quantitative estimate of drug-likeness (QED) is 0.389. The third kappa shape index (κ3) is 5.46. The first-order valence-corrected chi connectivity index (χ1v) is 12.8. The number of fused-ring (bicyclic) bond motifs is 1. The number of nitrogens with zero attached hydrogens (tertiary/aromatic N) is 2. The van der Waals surface area contributed by atoms with Gasteiger partial charge in [0.05, 0.1) is 23.7 Å². The average molecular weight is 530 g/mol. The highest BCUT2D eigenvalue weighted by Crippen LogP contribution is 2.38. The molecule has 0 aliphatic heterocycles. The lowest BCUT2D eigenvalue weighted by Gasteiger charge is -2.32. The van der Waals surface area contributed by atoms with Crippen molar-refractivity contribution in [2.45, 2.75) is 70.6 Å². The Morgan fingerprint density at radius 2 is 1.95 bits per heavy atom. The molecule has 2 saturated carbocycles. The van der Waals surface area contributed by atoms with E-state index in [-0.39, 0.29) is 29.5 Å². The summed E-state index contributed by atoms with van der Waals surface area (Å²) in [4.78, 5) is 36.4. The summed E-state index contributed by atoms with van der Waals surface area (Å²) in [5.41, 5.74) is 1.99. The largest absolute Gasteiger partial charge is 0.493 e. The van der Waals surface area contributed by atoms with Crippen LogP contribution in [0.3, 0.4) is 0 Å². The molecule has 5 rings (SSSR count). The molecule has 0 bridgehead atoms. The highest BCUT2D eigenvalue weighted by atomic mass is 19.3. The Balaban J connectivity index is 1.44. The molecule has 3 N–H and O–H groups in total. The van der Waals surface area contributed by atoms with Crippen molar-refractivity contribution in [1.29, 1.82) is 0 Å². The van der Waals surface area contributed by atoms with Crippen LogP contribution in [-0.2, 0) is 4.79 Å². The van der Waals surface area contributed by atoms with E-state index in [1.54, 1.807) is 6.92 Å². The van der Waals surface area contributed by atoms with Gasteiger partial charge < -0.3 is 20.4 Å². The second kappa shape index (κ2) is 10.6. The molecule has 2 fully saturated rings. The van der Waals surface area contributed by atoms with Crippen molar-refractivity contribution in [3.05, 3.63) is 41.3 Å². The number of hydrogen-bond donors (Lipinski definition) is 3. The van der Waals surface area contributed by atoms with Gasteiger partial charge in [-0.3, -0.25) is 9.59 Å². The Bertz CT molecular complexity index is 1360. The third-order valence-electron chi connectivity index (χ3n) is 7.18. The van der Waals surface area contributed by atoms with Gasteiger partial charge >= 0.3 is 0 Å². The zero-order valence-corrected chi connectivity index (χ0v) is 21.2. The molecule has 0 radical (unpaired) electrons. The van der Waals surface area contributed by atoms with E-state index in [9.17, 15) is 22.8 Å². The van der Waals surface area contributed by atoms with Crippen LogP contribution >= 0.6 is 0 Å². The van der Waals surface area contributed by atoms with Crippen molar-refractivity contribution in [1.82, 2.24) is 25.6 Å². The molecule has 8 nitrogen and oxygen atoms in total. The Labute approximate surface area is 217 Å². The zero-order chi connectivity index (χ0) is 27.0. The molecular weight excluding hydrogens is 499 g/mol. The number of aryl methyl sites for hydroxylation is 1. The number of amides is 2. The number of aromatic nitrogens is 3. The van der Waals surface area contributed by atoms with E-state index < -0.39 is 24.5 Å². The number of ether oxygens (including phenoxy) is 1. The monoisotopic (exact) mass is 529 g/mol. The Hall–Kier alpha value is -3.63. The molecule has 202 valence electrons. The second-order valence-corrected chi connectivity index (χ2v) is 10.2. The van der Waals surface area contributed by atoms with Gasteiger partial charge in [-0.05, 0) is 56.7 Å². The van der Waals surface area contributed by atoms with Gasteiger partial charge in [0.25, 0.3) is 12.3 Å². The molecule has 3 atom stereocenters. The summed E-state index contributed by atoms with van der Waals surface area (Å²) in [5.74, 6) is 0.180. The van der Waals surface area contributed by atoms with Crippen LogP contribution in [0.2, 0.25) is 0 Å². The number of nitrogens with one attached hydrogen (secondary N) is 3. The van der Waals surface area contributed by atoms with Gasteiger partial charge in [-0.25, -0.2) is 23.1 Å². The first-order valence-electron chi connectivity index (χ1n) is 12.8. The molecule has 2 aliphatic carbocycles. The fourth-order valence-corrected chi connectivity index (χ4v) is 5.03. The first-order chi connectivity index (χ1) is 18.2. The SMILES string of the molecule is CC(=O)N[C@H]1CC[C@H](NC(=O)c2c(C)[nH]c3c(-c4cc(C(F)F)ccc4OCC4CC4)ncnc23)[C@H](F)C1. The molecule has 3 aromatic rings. The third-order valence-corrected chi connectivity index (χ3v) is 7.18. The van der Waals surface area contributed by atoms with E-state index >= 15 is 0 Å². The van der Waals surface area contributed by atoms with E-state index in [0.29, 0.717) is 59.1 Å². The number of hydrogen-bond acceptors (Lipinski definition) is 5. The van der Waals surface area contributed by atoms with Crippen molar-refractivity contribution >= 4 is 22.8 Å². The highest BCUT2D eigenvalue weighted by molar-refractivity contribution is 6.09. The summed E-state index contributed by atoms with van der Waals surface area (Å²) in [6.45, 7) is 3.57. The van der Waals surface area contributed by atoms with Crippen molar-refractivity contribution in [3.63, 3.8) is 0 Å².